The summed E-state index contributed by atoms with van der Waals surface area (Å²) in [6.45, 7) is 14.6. The number of benzene rings is 2. The molecular weight excluding hydrogens is 334 g/mol. The van der Waals surface area contributed by atoms with E-state index < -0.39 is 0 Å². The maximum absolute atomic E-state index is 5.64. The first kappa shape index (κ1) is 22.4. The maximum atomic E-state index is 5.64. The van der Waals surface area contributed by atoms with E-state index in [9.17, 15) is 0 Å². The van der Waals surface area contributed by atoms with E-state index in [2.05, 4.69) is 62.8 Å². The summed E-state index contributed by atoms with van der Waals surface area (Å²) >= 11 is 0. The van der Waals surface area contributed by atoms with Gasteiger partial charge in [-0.15, -0.1) is 0 Å². The van der Waals surface area contributed by atoms with E-state index >= 15 is 0 Å². The van der Waals surface area contributed by atoms with Crippen molar-refractivity contribution in [2.24, 2.45) is 0 Å². The van der Waals surface area contributed by atoms with Gasteiger partial charge in [0.1, 0.15) is 5.75 Å². The Hall–Kier alpha value is -2.62. The zero-order valence-electron chi connectivity index (χ0n) is 18.0. The van der Waals surface area contributed by atoms with E-state index in [-0.39, 0.29) is 0 Å². The molecule has 0 saturated carbocycles. The van der Waals surface area contributed by atoms with Crippen molar-refractivity contribution >= 4 is 16.9 Å². The summed E-state index contributed by atoms with van der Waals surface area (Å²) in [5, 5.41) is 0.978. The van der Waals surface area contributed by atoms with Crippen molar-refractivity contribution < 1.29 is 4.74 Å². The molecule has 0 aliphatic carbocycles. The molecule has 0 bridgehead atoms. The van der Waals surface area contributed by atoms with Crippen molar-refractivity contribution in [3.05, 3.63) is 47.2 Å². The Morgan fingerprint density at radius 1 is 1.00 bits per heavy atom. The number of nitrogens with two attached hydrogens (primary N) is 1. The topological polar surface area (TPSA) is 61.0 Å². The molecule has 0 saturated heterocycles. The quantitative estimate of drug-likeness (QED) is 0.581. The van der Waals surface area contributed by atoms with Crippen molar-refractivity contribution in [3.8, 4) is 16.9 Å². The summed E-state index contributed by atoms with van der Waals surface area (Å²) in [7, 11) is 1.71. The van der Waals surface area contributed by atoms with E-state index in [1.807, 2.05) is 19.9 Å². The fourth-order valence-corrected chi connectivity index (χ4v) is 2.86. The Balaban J connectivity index is 0.000000665. The minimum atomic E-state index is 0.296. The second-order valence-corrected chi connectivity index (χ2v) is 6.23. The van der Waals surface area contributed by atoms with Gasteiger partial charge in [0.25, 0.3) is 0 Å². The molecule has 0 aliphatic rings. The number of hydrogen-bond donors (Lipinski definition) is 1. The van der Waals surface area contributed by atoms with E-state index in [4.69, 9.17) is 10.5 Å². The van der Waals surface area contributed by atoms with Crippen molar-refractivity contribution in [2.45, 2.75) is 54.9 Å². The largest absolute Gasteiger partial charge is 0.496 e. The Kier molecular flexibility index (Phi) is 8.73. The molecule has 0 atom stereocenters. The highest BCUT2D eigenvalue weighted by Crippen LogP contribution is 2.36. The molecule has 0 fully saturated rings. The van der Waals surface area contributed by atoms with Gasteiger partial charge in [-0.2, -0.15) is 0 Å². The molecule has 0 radical (unpaired) electrons. The minimum Gasteiger partial charge on any atom is -0.496 e. The number of hydrogen-bond acceptors (Lipinski definition) is 4. The molecular formula is C23H33N3O. The lowest BCUT2D eigenvalue weighted by molar-refractivity contribution is 0.411. The molecule has 4 heteroatoms. The van der Waals surface area contributed by atoms with Crippen LogP contribution in [-0.4, -0.2) is 17.1 Å². The number of aryl methyl sites for hydroxylation is 1. The van der Waals surface area contributed by atoms with E-state index in [0.29, 0.717) is 5.95 Å². The average Bonchev–Trinajstić information content (AvgIpc) is 2.67. The number of methoxy groups -OCH3 is 1. The summed E-state index contributed by atoms with van der Waals surface area (Å²) in [5.41, 5.74) is 12.4. The van der Waals surface area contributed by atoms with Crippen molar-refractivity contribution in [3.63, 3.8) is 0 Å². The third kappa shape index (κ3) is 5.19. The molecule has 4 nitrogen and oxygen atoms in total. The van der Waals surface area contributed by atoms with Gasteiger partial charge in [-0.25, -0.2) is 9.97 Å². The number of fused-ring (bicyclic) bond motifs is 1. The lowest BCUT2D eigenvalue weighted by atomic mass is 9.91. The van der Waals surface area contributed by atoms with Gasteiger partial charge in [0.05, 0.1) is 12.6 Å². The van der Waals surface area contributed by atoms with Crippen LogP contribution in [0.15, 0.2) is 30.5 Å². The van der Waals surface area contributed by atoms with Crippen LogP contribution in [0, 0.1) is 20.8 Å². The van der Waals surface area contributed by atoms with Gasteiger partial charge in [-0.05, 0) is 66.8 Å². The maximum Gasteiger partial charge on any atom is 0.220 e. The van der Waals surface area contributed by atoms with Crippen LogP contribution in [0.4, 0.5) is 5.95 Å². The molecule has 146 valence electrons. The van der Waals surface area contributed by atoms with Crippen LogP contribution in [0.2, 0.25) is 0 Å². The average molecular weight is 368 g/mol. The second-order valence-electron chi connectivity index (χ2n) is 6.23. The second kappa shape index (κ2) is 10.5. The number of ether oxygens (including phenoxy) is 1. The van der Waals surface area contributed by atoms with E-state index in [0.717, 1.165) is 27.8 Å². The molecule has 2 N–H and O–H groups in total. The first-order valence-electron chi connectivity index (χ1n) is 9.60. The third-order valence-corrected chi connectivity index (χ3v) is 4.17. The molecule has 0 spiro atoms. The third-order valence-electron chi connectivity index (χ3n) is 4.17. The van der Waals surface area contributed by atoms with Gasteiger partial charge < -0.3 is 10.5 Å². The SMILES string of the molecule is CC.CCC.COc1cc(C)c(C)c(-c2ccc3nc(N)ncc3c2)c1C. The summed E-state index contributed by atoms with van der Waals surface area (Å²) in [6.07, 6.45) is 3.01. The summed E-state index contributed by atoms with van der Waals surface area (Å²) in [6, 6.07) is 8.24. The lowest BCUT2D eigenvalue weighted by Gasteiger charge is -2.17. The Morgan fingerprint density at radius 3 is 2.22 bits per heavy atom. The van der Waals surface area contributed by atoms with E-state index in [1.165, 1.54) is 23.1 Å². The monoisotopic (exact) mass is 367 g/mol. The van der Waals surface area contributed by atoms with Crippen LogP contribution >= 0.6 is 0 Å². The summed E-state index contributed by atoms with van der Waals surface area (Å²) in [4.78, 5) is 8.33. The van der Waals surface area contributed by atoms with Crippen molar-refractivity contribution in [2.75, 3.05) is 12.8 Å². The zero-order chi connectivity index (χ0) is 20.6. The van der Waals surface area contributed by atoms with Crippen LogP contribution in [0.1, 0.15) is 50.8 Å². The van der Waals surface area contributed by atoms with Gasteiger partial charge in [0.2, 0.25) is 5.95 Å². The van der Waals surface area contributed by atoms with E-state index in [1.54, 1.807) is 13.3 Å². The Labute approximate surface area is 163 Å². The van der Waals surface area contributed by atoms with Gasteiger partial charge in [-0.1, -0.05) is 40.2 Å². The molecule has 2 aromatic carbocycles. The van der Waals surface area contributed by atoms with Crippen LogP contribution in [0.5, 0.6) is 5.75 Å². The summed E-state index contributed by atoms with van der Waals surface area (Å²) < 4.78 is 5.50. The lowest BCUT2D eigenvalue weighted by Crippen LogP contribution is -1.97. The molecule has 0 amide bonds. The highest BCUT2D eigenvalue weighted by molar-refractivity contribution is 5.86. The molecule has 0 unspecified atom stereocenters. The molecule has 3 aromatic rings. The van der Waals surface area contributed by atoms with Crippen molar-refractivity contribution in [1.82, 2.24) is 9.97 Å². The highest BCUT2D eigenvalue weighted by Gasteiger charge is 2.13. The van der Waals surface area contributed by atoms with Crippen LogP contribution in [-0.2, 0) is 0 Å². The Bertz CT molecular complexity index is 888. The van der Waals surface area contributed by atoms with Crippen LogP contribution in [0.3, 0.4) is 0 Å². The smallest absolute Gasteiger partial charge is 0.220 e. The molecule has 0 aliphatic heterocycles. The highest BCUT2D eigenvalue weighted by atomic mass is 16.5. The predicted molar refractivity (Wildman–Crippen MR) is 117 cm³/mol. The molecule has 1 heterocycles. The minimum absolute atomic E-state index is 0.296. The van der Waals surface area contributed by atoms with Gasteiger partial charge in [0.15, 0.2) is 0 Å². The van der Waals surface area contributed by atoms with Crippen molar-refractivity contribution in [1.29, 1.82) is 0 Å². The number of anilines is 1. The molecule has 3 rings (SSSR count). The molecule has 27 heavy (non-hydrogen) atoms. The fourth-order valence-electron chi connectivity index (χ4n) is 2.86. The predicted octanol–water partition coefficient (Wildman–Crippen LogP) is 6.26. The van der Waals surface area contributed by atoms with Gasteiger partial charge in [0, 0.05) is 11.6 Å². The standard InChI is InChI=1S/C18H19N3O.C3H8.C2H6/c1-10-7-16(22-4)12(3)17(11(10)2)13-5-6-15-14(8-13)9-20-18(19)21-15;1-3-2;1-2/h5-9H,1-4H3,(H2,19,20,21);3H2,1-2H3;1-2H3. The van der Waals surface area contributed by atoms with Crippen LogP contribution in [0.25, 0.3) is 22.0 Å². The fraction of sp³-hybridized carbons (Fsp3) is 0.391. The Morgan fingerprint density at radius 2 is 1.63 bits per heavy atom. The number of aromatic nitrogens is 2. The molecule has 1 aromatic heterocycles. The normalized spacial score (nSPS) is 9.78. The van der Waals surface area contributed by atoms with Gasteiger partial charge in [-0.3, -0.25) is 0 Å². The van der Waals surface area contributed by atoms with Crippen LogP contribution < -0.4 is 10.5 Å². The van der Waals surface area contributed by atoms with Gasteiger partial charge >= 0.3 is 0 Å². The zero-order valence-corrected chi connectivity index (χ0v) is 18.0. The first-order chi connectivity index (χ1) is 12.9. The summed E-state index contributed by atoms with van der Waals surface area (Å²) in [5.74, 6) is 1.21. The number of nitrogens with zero attached hydrogens (tertiary/aromatic N) is 2. The number of nitrogen functional groups attached to an aromatic ring is 1. The first-order valence-corrected chi connectivity index (χ1v) is 9.60. The number of rotatable bonds is 2.